The molecule has 0 N–H and O–H groups in total. The molecule has 4 rings (SSSR count). The second-order valence-electron chi connectivity index (χ2n) is 7.29. The van der Waals surface area contributed by atoms with Crippen LogP contribution in [0.2, 0.25) is 0 Å². The van der Waals surface area contributed by atoms with Gasteiger partial charge < -0.3 is 9.80 Å². The molecule has 0 aliphatic carbocycles. The number of rotatable bonds is 3. The van der Waals surface area contributed by atoms with Crippen LogP contribution in [0.5, 0.6) is 0 Å². The van der Waals surface area contributed by atoms with E-state index < -0.39 is 0 Å². The first-order valence-corrected chi connectivity index (χ1v) is 9.35. The van der Waals surface area contributed by atoms with Gasteiger partial charge in [0.25, 0.3) is 5.78 Å². The van der Waals surface area contributed by atoms with Gasteiger partial charge in [-0.05, 0) is 19.1 Å². The molecule has 3 aromatic rings. The second-order valence-corrected chi connectivity index (χ2v) is 7.29. The first-order chi connectivity index (χ1) is 13.0. The van der Waals surface area contributed by atoms with Crippen LogP contribution in [0.3, 0.4) is 0 Å². The first kappa shape index (κ1) is 17.5. The van der Waals surface area contributed by atoms with Crippen molar-refractivity contribution in [2.45, 2.75) is 20.8 Å². The van der Waals surface area contributed by atoms with E-state index in [1.807, 2.05) is 30.9 Å². The van der Waals surface area contributed by atoms with Crippen molar-refractivity contribution < 1.29 is 4.79 Å². The highest BCUT2D eigenvalue weighted by molar-refractivity contribution is 5.78. The maximum Gasteiger partial charge on any atom is 0.254 e. The van der Waals surface area contributed by atoms with E-state index in [1.165, 1.54) is 5.56 Å². The Labute approximate surface area is 158 Å². The lowest BCUT2D eigenvalue weighted by Gasteiger charge is -2.34. The molecular weight excluding hydrogens is 340 g/mol. The van der Waals surface area contributed by atoms with Crippen LogP contribution in [0.1, 0.15) is 19.4 Å². The van der Waals surface area contributed by atoms with Gasteiger partial charge in [-0.3, -0.25) is 4.79 Å². The zero-order valence-electron chi connectivity index (χ0n) is 16.0. The second kappa shape index (κ2) is 6.98. The summed E-state index contributed by atoms with van der Waals surface area (Å²) in [5.74, 6) is 1.50. The highest BCUT2D eigenvalue weighted by Gasteiger charge is 2.25. The monoisotopic (exact) mass is 364 g/mol. The van der Waals surface area contributed by atoms with Crippen LogP contribution < -0.4 is 4.90 Å². The average molecular weight is 364 g/mol. The lowest BCUT2D eigenvalue weighted by atomic mass is 10.1. The lowest BCUT2D eigenvalue weighted by molar-refractivity contribution is -0.134. The molecule has 3 heterocycles. The van der Waals surface area contributed by atoms with Crippen molar-refractivity contribution in [3.8, 4) is 11.3 Å². The van der Waals surface area contributed by atoms with Gasteiger partial charge in [0.2, 0.25) is 11.9 Å². The van der Waals surface area contributed by atoms with Gasteiger partial charge in [-0.1, -0.05) is 37.6 Å². The Morgan fingerprint density at radius 2 is 1.89 bits per heavy atom. The number of piperazine rings is 1. The molecule has 1 fully saturated rings. The number of amides is 1. The number of aromatic nitrogens is 4. The van der Waals surface area contributed by atoms with E-state index in [0.717, 1.165) is 24.3 Å². The Morgan fingerprint density at radius 1 is 1.11 bits per heavy atom. The molecule has 1 amide bonds. The van der Waals surface area contributed by atoms with Crippen molar-refractivity contribution in [1.29, 1.82) is 0 Å². The summed E-state index contributed by atoms with van der Waals surface area (Å²) in [6.07, 6.45) is 1.77. The minimum absolute atomic E-state index is 0.0333. The Bertz CT molecular complexity index is 972. The Kier molecular flexibility index (Phi) is 4.51. The van der Waals surface area contributed by atoms with Crippen LogP contribution in [0.4, 0.5) is 5.95 Å². The molecule has 1 aliphatic rings. The largest absolute Gasteiger partial charge is 0.339 e. The van der Waals surface area contributed by atoms with Crippen LogP contribution in [0, 0.1) is 12.8 Å². The molecule has 0 spiro atoms. The van der Waals surface area contributed by atoms with E-state index in [1.54, 1.807) is 10.7 Å². The molecule has 27 heavy (non-hydrogen) atoms. The van der Waals surface area contributed by atoms with Gasteiger partial charge in [0.1, 0.15) is 0 Å². The summed E-state index contributed by atoms with van der Waals surface area (Å²) in [6.45, 7) is 8.82. The topological polar surface area (TPSA) is 66.6 Å². The fourth-order valence-corrected chi connectivity index (χ4v) is 3.43. The molecule has 0 atom stereocenters. The quantitative estimate of drug-likeness (QED) is 0.714. The number of carbonyl (C=O) groups excluding carboxylic acids is 1. The highest BCUT2D eigenvalue weighted by Crippen LogP contribution is 2.22. The third-order valence-corrected chi connectivity index (χ3v) is 4.91. The van der Waals surface area contributed by atoms with Crippen molar-refractivity contribution in [1.82, 2.24) is 24.5 Å². The predicted molar refractivity (Wildman–Crippen MR) is 105 cm³/mol. The summed E-state index contributed by atoms with van der Waals surface area (Å²) in [5, 5.41) is 4.71. The summed E-state index contributed by atoms with van der Waals surface area (Å²) >= 11 is 0. The number of benzene rings is 1. The smallest absolute Gasteiger partial charge is 0.254 e. The Balaban J connectivity index is 1.60. The zero-order valence-corrected chi connectivity index (χ0v) is 16.0. The molecule has 7 nitrogen and oxygen atoms in total. The zero-order chi connectivity index (χ0) is 19.0. The number of hydrogen-bond acceptors (Lipinski definition) is 5. The van der Waals surface area contributed by atoms with E-state index in [0.29, 0.717) is 24.8 Å². The van der Waals surface area contributed by atoms with Gasteiger partial charge in [0, 0.05) is 43.9 Å². The predicted octanol–water partition coefficient (Wildman–Crippen LogP) is 2.40. The summed E-state index contributed by atoms with van der Waals surface area (Å²) in [7, 11) is 0. The van der Waals surface area contributed by atoms with E-state index in [-0.39, 0.29) is 11.8 Å². The fraction of sp³-hybridized carbons (Fsp3) is 0.400. The number of aryl methyl sites for hydroxylation is 1. The van der Waals surface area contributed by atoms with Crippen molar-refractivity contribution in [3.05, 3.63) is 42.1 Å². The van der Waals surface area contributed by atoms with E-state index >= 15 is 0 Å². The minimum Gasteiger partial charge on any atom is -0.339 e. The van der Waals surface area contributed by atoms with Crippen molar-refractivity contribution in [3.63, 3.8) is 0 Å². The highest BCUT2D eigenvalue weighted by atomic mass is 16.2. The van der Waals surface area contributed by atoms with E-state index in [9.17, 15) is 4.79 Å². The van der Waals surface area contributed by atoms with Crippen molar-refractivity contribution >= 4 is 17.6 Å². The third kappa shape index (κ3) is 3.37. The summed E-state index contributed by atoms with van der Waals surface area (Å²) in [6, 6.07) is 10.3. The number of anilines is 1. The average Bonchev–Trinajstić information content (AvgIpc) is 3.11. The fourth-order valence-electron chi connectivity index (χ4n) is 3.43. The number of fused-ring (bicyclic) bond motifs is 1. The van der Waals surface area contributed by atoms with Gasteiger partial charge in [-0.25, -0.2) is 4.98 Å². The van der Waals surface area contributed by atoms with E-state index in [2.05, 4.69) is 40.0 Å². The molecule has 0 unspecified atom stereocenters. The number of hydrogen-bond donors (Lipinski definition) is 0. The molecular formula is C20H24N6O. The van der Waals surface area contributed by atoms with Crippen LogP contribution in [-0.2, 0) is 4.79 Å². The Morgan fingerprint density at radius 3 is 2.59 bits per heavy atom. The van der Waals surface area contributed by atoms with Gasteiger partial charge in [-0.2, -0.15) is 9.50 Å². The van der Waals surface area contributed by atoms with Gasteiger partial charge >= 0.3 is 0 Å². The third-order valence-electron chi connectivity index (χ3n) is 4.91. The normalized spacial score (nSPS) is 15.0. The molecule has 7 heteroatoms. The molecule has 1 aliphatic heterocycles. The number of carbonyl (C=O) groups is 1. The molecule has 1 aromatic carbocycles. The molecule has 2 aromatic heterocycles. The van der Waals surface area contributed by atoms with E-state index in [4.69, 9.17) is 5.10 Å². The van der Waals surface area contributed by atoms with Gasteiger partial charge in [0.05, 0.1) is 5.69 Å². The van der Waals surface area contributed by atoms with Gasteiger partial charge in [-0.15, -0.1) is 5.10 Å². The van der Waals surface area contributed by atoms with Gasteiger partial charge in [0.15, 0.2) is 0 Å². The number of nitrogens with zero attached hydrogens (tertiary/aromatic N) is 6. The molecule has 1 saturated heterocycles. The minimum atomic E-state index is 0.0333. The molecule has 0 bridgehead atoms. The Hall–Kier alpha value is -2.96. The van der Waals surface area contributed by atoms with Crippen LogP contribution in [0.25, 0.3) is 17.0 Å². The van der Waals surface area contributed by atoms with Crippen LogP contribution in [-0.4, -0.2) is 56.6 Å². The summed E-state index contributed by atoms with van der Waals surface area (Å²) in [4.78, 5) is 25.2. The van der Waals surface area contributed by atoms with Crippen LogP contribution in [0.15, 0.2) is 36.5 Å². The first-order valence-electron chi connectivity index (χ1n) is 9.35. The summed E-state index contributed by atoms with van der Waals surface area (Å²) < 4.78 is 1.80. The molecule has 0 radical (unpaired) electrons. The van der Waals surface area contributed by atoms with Crippen LogP contribution >= 0.6 is 0 Å². The molecule has 140 valence electrons. The standard InChI is InChI=1S/C20H24N6O/c1-14(2)18(27)24-9-11-25(12-10-24)20-22-19-21-8-7-17(26(19)23-20)16-6-4-5-15(3)13-16/h4-8,13-14H,9-12H2,1-3H3. The van der Waals surface area contributed by atoms with Crippen molar-refractivity contribution in [2.24, 2.45) is 5.92 Å². The maximum atomic E-state index is 12.2. The maximum absolute atomic E-state index is 12.2. The molecule has 0 saturated carbocycles. The van der Waals surface area contributed by atoms with Crippen molar-refractivity contribution in [2.75, 3.05) is 31.1 Å². The summed E-state index contributed by atoms with van der Waals surface area (Å²) in [5.41, 5.74) is 3.26. The SMILES string of the molecule is Cc1cccc(-c2ccnc3nc(N4CCN(C(=O)C(C)C)CC4)nn23)c1. The lowest BCUT2D eigenvalue weighted by Crippen LogP contribution is -2.50.